The van der Waals surface area contributed by atoms with E-state index >= 15 is 0 Å². The molecule has 0 radical (unpaired) electrons. The number of carbonyl (C=O) groups is 1. The van der Waals surface area contributed by atoms with E-state index in [-0.39, 0.29) is 24.4 Å². The molecule has 0 fully saturated rings. The number of aliphatic hydroxyl groups is 1. The number of aromatic nitrogens is 2. The van der Waals surface area contributed by atoms with E-state index < -0.39 is 5.60 Å². The molecule has 0 aromatic carbocycles. The maximum atomic E-state index is 12.0. The van der Waals surface area contributed by atoms with Gasteiger partial charge in [0.1, 0.15) is 5.82 Å². The van der Waals surface area contributed by atoms with Gasteiger partial charge in [0.25, 0.3) is 5.56 Å². The average Bonchev–Trinajstić information content (AvgIpc) is 2.38. The van der Waals surface area contributed by atoms with E-state index in [1.165, 1.54) is 0 Å². The molecule has 1 aromatic rings. The Hall–Kier alpha value is -1.69. The van der Waals surface area contributed by atoms with Crippen LogP contribution in [-0.4, -0.2) is 33.1 Å². The fraction of sp³-hybridized carbons (Fsp3) is 0.688. The van der Waals surface area contributed by atoms with Crippen LogP contribution in [0.25, 0.3) is 0 Å². The molecule has 0 spiro atoms. The van der Waals surface area contributed by atoms with Crippen molar-refractivity contribution in [1.82, 2.24) is 15.3 Å². The number of amides is 1. The summed E-state index contributed by atoms with van der Waals surface area (Å²) < 4.78 is 0. The Morgan fingerprint density at radius 2 is 2.05 bits per heavy atom. The van der Waals surface area contributed by atoms with E-state index in [9.17, 15) is 14.7 Å². The van der Waals surface area contributed by atoms with Gasteiger partial charge in [-0.3, -0.25) is 9.59 Å². The molecule has 3 N–H and O–H groups in total. The lowest BCUT2D eigenvalue weighted by molar-refractivity contribution is -0.121. The van der Waals surface area contributed by atoms with Crippen molar-refractivity contribution < 1.29 is 9.90 Å². The monoisotopic (exact) mass is 309 g/mol. The Morgan fingerprint density at radius 1 is 1.41 bits per heavy atom. The van der Waals surface area contributed by atoms with Crippen molar-refractivity contribution in [3.63, 3.8) is 0 Å². The number of nitrogens with one attached hydrogen (secondary N) is 2. The van der Waals surface area contributed by atoms with Crippen LogP contribution in [0, 0.1) is 19.8 Å². The highest BCUT2D eigenvalue weighted by Crippen LogP contribution is 2.15. The van der Waals surface area contributed by atoms with Crippen LogP contribution in [0.1, 0.15) is 50.7 Å². The fourth-order valence-electron chi connectivity index (χ4n) is 2.16. The molecule has 1 heterocycles. The molecule has 0 aliphatic heterocycles. The summed E-state index contributed by atoms with van der Waals surface area (Å²) >= 11 is 0. The third-order valence-electron chi connectivity index (χ3n) is 3.60. The van der Waals surface area contributed by atoms with Gasteiger partial charge in [-0.15, -0.1) is 0 Å². The third-order valence-corrected chi connectivity index (χ3v) is 3.60. The highest BCUT2D eigenvalue weighted by molar-refractivity contribution is 5.78. The number of carbonyl (C=O) groups excluding carboxylic acids is 1. The minimum absolute atomic E-state index is 0.0330. The number of aryl methyl sites for hydroxylation is 2. The molecule has 1 amide bonds. The summed E-state index contributed by atoms with van der Waals surface area (Å²) in [5, 5.41) is 12.9. The van der Waals surface area contributed by atoms with Gasteiger partial charge in [-0.05, 0) is 39.5 Å². The summed E-state index contributed by atoms with van der Waals surface area (Å²) in [5.74, 6) is 0.745. The molecule has 22 heavy (non-hydrogen) atoms. The summed E-state index contributed by atoms with van der Waals surface area (Å²) in [6.45, 7) is 9.48. The summed E-state index contributed by atoms with van der Waals surface area (Å²) in [4.78, 5) is 30.6. The smallest absolute Gasteiger partial charge is 0.254 e. The Bertz CT molecular complexity index is 576. The highest BCUT2D eigenvalue weighted by atomic mass is 16.3. The van der Waals surface area contributed by atoms with E-state index in [4.69, 9.17) is 0 Å². The maximum Gasteiger partial charge on any atom is 0.254 e. The fourth-order valence-corrected chi connectivity index (χ4v) is 2.16. The van der Waals surface area contributed by atoms with Crippen LogP contribution in [0.2, 0.25) is 0 Å². The van der Waals surface area contributed by atoms with Gasteiger partial charge in [-0.1, -0.05) is 13.8 Å². The SMILES string of the molecule is Cc1nc(C)c(CC(=O)NCC(C)(O)CCC(C)C)c(=O)[nH]1. The number of rotatable bonds is 7. The summed E-state index contributed by atoms with van der Waals surface area (Å²) in [6, 6.07) is 0. The van der Waals surface area contributed by atoms with Crippen molar-refractivity contribution in [3.8, 4) is 0 Å². The summed E-state index contributed by atoms with van der Waals surface area (Å²) in [5.41, 5.74) is -0.299. The molecule has 0 aliphatic carbocycles. The van der Waals surface area contributed by atoms with Crippen LogP contribution in [0.15, 0.2) is 4.79 Å². The molecule has 0 saturated carbocycles. The highest BCUT2D eigenvalue weighted by Gasteiger charge is 2.22. The van der Waals surface area contributed by atoms with Gasteiger partial charge in [0.2, 0.25) is 5.91 Å². The topological polar surface area (TPSA) is 95.1 Å². The van der Waals surface area contributed by atoms with Gasteiger partial charge in [0, 0.05) is 17.8 Å². The number of nitrogens with zero attached hydrogens (tertiary/aromatic N) is 1. The van der Waals surface area contributed by atoms with Crippen molar-refractivity contribution in [3.05, 3.63) is 27.4 Å². The van der Waals surface area contributed by atoms with Gasteiger partial charge in [-0.25, -0.2) is 4.98 Å². The first-order valence-electron chi connectivity index (χ1n) is 7.66. The second-order valence-corrected chi connectivity index (χ2v) is 6.60. The van der Waals surface area contributed by atoms with Crippen LogP contribution < -0.4 is 10.9 Å². The zero-order valence-corrected chi connectivity index (χ0v) is 14.1. The number of H-pyrrole nitrogens is 1. The van der Waals surface area contributed by atoms with E-state index in [1.54, 1.807) is 20.8 Å². The van der Waals surface area contributed by atoms with E-state index in [1.807, 2.05) is 0 Å². The normalized spacial score (nSPS) is 14.0. The zero-order chi connectivity index (χ0) is 16.9. The predicted octanol–water partition coefficient (Wildman–Crippen LogP) is 1.23. The van der Waals surface area contributed by atoms with Crippen molar-refractivity contribution in [1.29, 1.82) is 0 Å². The lowest BCUT2D eigenvalue weighted by Crippen LogP contribution is -2.41. The molecule has 1 unspecified atom stereocenters. The lowest BCUT2D eigenvalue weighted by Gasteiger charge is -2.24. The van der Waals surface area contributed by atoms with Crippen molar-refractivity contribution in [2.24, 2.45) is 5.92 Å². The number of hydrogen-bond acceptors (Lipinski definition) is 4. The van der Waals surface area contributed by atoms with Crippen LogP contribution in [0.5, 0.6) is 0 Å². The standard InChI is InChI=1S/C16H27N3O3/c1-10(2)6-7-16(5,22)9-17-14(20)8-13-11(3)18-12(4)19-15(13)21/h10,22H,6-9H2,1-5H3,(H,17,20)(H,18,19,21). The number of aromatic amines is 1. The molecule has 1 atom stereocenters. The lowest BCUT2D eigenvalue weighted by atomic mass is 9.95. The van der Waals surface area contributed by atoms with Crippen LogP contribution in [0.3, 0.4) is 0 Å². The zero-order valence-electron chi connectivity index (χ0n) is 14.1. The quantitative estimate of drug-likeness (QED) is 0.706. The average molecular weight is 309 g/mol. The summed E-state index contributed by atoms with van der Waals surface area (Å²) in [7, 11) is 0. The third kappa shape index (κ3) is 5.97. The first kappa shape index (κ1) is 18.4. The largest absolute Gasteiger partial charge is 0.388 e. The molecule has 0 aliphatic rings. The number of hydrogen-bond donors (Lipinski definition) is 3. The van der Waals surface area contributed by atoms with Gasteiger partial charge in [0.05, 0.1) is 12.0 Å². The molecule has 1 aromatic heterocycles. The second kappa shape index (κ2) is 7.54. The molecule has 124 valence electrons. The molecule has 6 heteroatoms. The van der Waals surface area contributed by atoms with Gasteiger partial charge >= 0.3 is 0 Å². The van der Waals surface area contributed by atoms with E-state index in [2.05, 4.69) is 29.1 Å². The maximum absolute atomic E-state index is 12.0. The van der Waals surface area contributed by atoms with Crippen molar-refractivity contribution in [2.45, 2.75) is 59.5 Å². The molecule has 6 nitrogen and oxygen atoms in total. The van der Waals surface area contributed by atoms with Crippen molar-refractivity contribution in [2.75, 3.05) is 6.54 Å². The minimum Gasteiger partial charge on any atom is -0.388 e. The van der Waals surface area contributed by atoms with E-state index in [0.29, 0.717) is 29.4 Å². The Morgan fingerprint density at radius 3 is 2.59 bits per heavy atom. The Labute approximate surface area is 131 Å². The van der Waals surface area contributed by atoms with Gasteiger partial charge in [0.15, 0.2) is 0 Å². The van der Waals surface area contributed by atoms with Crippen LogP contribution in [0.4, 0.5) is 0 Å². The van der Waals surface area contributed by atoms with Crippen molar-refractivity contribution >= 4 is 5.91 Å². The van der Waals surface area contributed by atoms with E-state index in [0.717, 1.165) is 6.42 Å². The van der Waals surface area contributed by atoms with Gasteiger partial charge < -0.3 is 15.4 Å². The molecular weight excluding hydrogens is 282 g/mol. The van der Waals surface area contributed by atoms with Crippen LogP contribution in [-0.2, 0) is 11.2 Å². The van der Waals surface area contributed by atoms with Gasteiger partial charge in [-0.2, -0.15) is 0 Å². The molecule has 0 saturated heterocycles. The first-order chi connectivity index (χ1) is 10.1. The molecular formula is C16H27N3O3. The Balaban J connectivity index is 2.59. The minimum atomic E-state index is -0.938. The van der Waals surface area contributed by atoms with Crippen LogP contribution >= 0.6 is 0 Å². The molecule has 1 rings (SSSR count). The molecule has 0 bridgehead atoms. The predicted molar refractivity (Wildman–Crippen MR) is 85.7 cm³/mol. The summed E-state index contributed by atoms with van der Waals surface area (Å²) in [6.07, 6.45) is 1.48. The Kier molecular flexibility index (Phi) is 6.29. The first-order valence-corrected chi connectivity index (χ1v) is 7.66. The second-order valence-electron chi connectivity index (χ2n) is 6.60.